The van der Waals surface area contributed by atoms with Crippen molar-refractivity contribution in [3.8, 4) is 0 Å². The van der Waals surface area contributed by atoms with Gasteiger partial charge in [-0.1, -0.05) is 6.92 Å². The van der Waals surface area contributed by atoms with Crippen molar-refractivity contribution in [1.82, 2.24) is 4.90 Å². The van der Waals surface area contributed by atoms with E-state index in [0.717, 1.165) is 19.3 Å². The van der Waals surface area contributed by atoms with Crippen LogP contribution in [-0.4, -0.2) is 42.8 Å². The highest BCUT2D eigenvalue weighted by Gasteiger charge is 2.39. The number of sulfone groups is 1. The molecule has 5 heteroatoms. The van der Waals surface area contributed by atoms with Crippen LogP contribution >= 0.6 is 0 Å². The maximum atomic E-state index is 12.5. The van der Waals surface area contributed by atoms with Crippen LogP contribution in [0, 0.1) is 5.92 Å². The van der Waals surface area contributed by atoms with Crippen LogP contribution < -0.4 is 0 Å². The number of hydrogen-bond donors (Lipinski definition) is 0. The molecule has 18 heavy (non-hydrogen) atoms. The summed E-state index contributed by atoms with van der Waals surface area (Å²) >= 11 is 0. The van der Waals surface area contributed by atoms with E-state index in [-0.39, 0.29) is 29.4 Å². The van der Waals surface area contributed by atoms with E-state index in [1.165, 1.54) is 6.42 Å². The molecule has 2 aliphatic rings. The number of amides is 1. The molecular formula is C13H23NO3S. The summed E-state index contributed by atoms with van der Waals surface area (Å²) < 4.78 is 23.0. The second-order valence-electron chi connectivity index (χ2n) is 5.69. The van der Waals surface area contributed by atoms with Crippen LogP contribution in [0.4, 0.5) is 0 Å². The maximum absolute atomic E-state index is 12.5. The highest BCUT2D eigenvalue weighted by atomic mass is 32.2. The highest BCUT2D eigenvalue weighted by Crippen LogP contribution is 2.29. The van der Waals surface area contributed by atoms with Gasteiger partial charge in [0.25, 0.3) is 0 Å². The van der Waals surface area contributed by atoms with E-state index < -0.39 is 9.84 Å². The van der Waals surface area contributed by atoms with E-state index in [1.54, 1.807) is 0 Å². The van der Waals surface area contributed by atoms with Crippen LogP contribution in [0.1, 0.15) is 46.0 Å². The molecule has 0 N–H and O–H groups in total. The van der Waals surface area contributed by atoms with Crippen molar-refractivity contribution >= 4 is 15.7 Å². The van der Waals surface area contributed by atoms with Gasteiger partial charge in [0.2, 0.25) is 5.91 Å². The van der Waals surface area contributed by atoms with Crippen LogP contribution in [0.15, 0.2) is 0 Å². The molecule has 1 amide bonds. The standard InChI is InChI=1S/C13H23NO3S/c1-3-12-6-4-5-10(2)14(12)13(15)11-7-8-18(16,17)9-11/h10-12H,3-9H2,1-2H3/t10-,11?,12+/m0/s1. The first-order valence-corrected chi connectivity index (χ1v) is 8.79. The molecule has 3 atom stereocenters. The lowest BCUT2D eigenvalue weighted by Crippen LogP contribution is -2.51. The van der Waals surface area contributed by atoms with Crippen LogP contribution in [0.2, 0.25) is 0 Å². The molecule has 0 saturated carbocycles. The van der Waals surface area contributed by atoms with Gasteiger partial charge in [-0.05, 0) is 39.0 Å². The van der Waals surface area contributed by atoms with Crippen LogP contribution in [0.3, 0.4) is 0 Å². The summed E-state index contributed by atoms with van der Waals surface area (Å²) in [5.41, 5.74) is 0. The van der Waals surface area contributed by atoms with Crippen LogP contribution in [0.5, 0.6) is 0 Å². The van der Waals surface area contributed by atoms with Crippen molar-refractivity contribution in [2.45, 2.75) is 58.0 Å². The average molecular weight is 273 g/mol. The van der Waals surface area contributed by atoms with Gasteiger partial charge in [-0.2, -0.15) is 0 Å². The minimum atomic E-state index is -2.97. The predicted molar refractivity (Wildman–Crippen MR) is 71.0 cm³/mol. The molecule has 2 saturated heterocycles. The van der Waals surface area contributed by atoms with Gasteiger partial charge < -0.3 is 4.90 Å². The fourth-order valence-corrected chi connectivity index (χ4v) is 5.02. The lowest BCUT2D eigenvalue weighted by atomic mass is 9.92. The summed E-state index contributed by atoms with van der Waals surface area (Å²) in [5.74, 6) is 0.0354. The maximum Gasteiger partial charge on any atom is 0.227 e. The number of hydrogen-bond acceptors (Lipinski definition) is 3. The molecule has 0 spiro atoms. The van der Waals surface area contributed by atoms with Crippen molar-refractivity contribution < 1.29 is 13.2 Å². The van der Waals surface area contributed by atoms with Gasteiger partial charge in [-0.25, -0.2) is 8.42 Å². The van der Waals surface area contributed by atoms with Crippen molar-refractivity contribution in [2.75, 3.05) is 11.5 Å². The van der Waals surface area contributed by atoms with Crippen molar-refractivity contribution in [1.29, 1.82) is 0 Å². The average Bonchev–Trinajstić information content (AvgIpc) is 2.68. The smallest absolute Gasteiger partial charge is 0.227 e. The predicted octanol–water partition coefficient (Wildman–Crippen LogP) is 1.60. The minimum Gasteiger partial charge on any atom is -0.337 e. The van der Waals surface area contributed by atoms with Gasteiger partial charge >= 0.3 is 0 Å². The van der Waals surface area contributed by atoms with E-state index in [0.29, 0.717) is 12.5 Å². The third-order valence-electron chi connectivity index (χ3n) is 4.33. The molecule has 2 fully saturated rings. The normalized spacial score (nSPS) is 35.7. The third kappa shape index (κ3) is 2.71. The Morgan fingerprint density at radius 1 is 1.28 bits per heavy atom. The SMILES string of the molecule is CC[C@@H]1CCC[C@H](C)N1C(=O)C1CCS(=O)(=O)C1. The third-order valence-corrected chi connectivity index (χ3v) is 6.10. The summed E-state index contributed by atoms with van der Waals surface area (Å²) in [6.45, 7) is 4.19. The van der Waals surface area contributed by atoms with Crippen molar-refractivity contribution in [3.63, 3.8) is 0 Å². The zero-order chi connectivity index (χ0) is 13.3. The molecular weight excluding hydrogens is 250 g/mol. The molecule has 1 unspecified atom stereocenters. The molecule has 2 heterocycles. The van der Waals surface area contributed by atoms with Gasteiger partial charge in [0.05, 0.1) is 17.4 Å². The number of likely N-dealkylation sites (tertiary alicyclic amines) is 1. The Labute approximate surface area is 110 Å². The van der Waals surface area contributed by atoms with Crippen molar-refractivity contribution in [2.24, 2.45) is 5.92 Å². The Balaban J connectivity index is 2.11. The molecule has 2 aliphatic heterocycles. The Morgan fingerprint density at radius 3 is 2.56 bits per heavy atom. The van der Waals surface area contributed by atoms with Crippen molar-refractivity contribution in [3.05, 3.63) is 0 Å². The second-order valence-corrected chi connectivity index (χ2v) is 7.92. The van der Waals surface area contributed by atoms with E-state index in [2.05, 4.69) is 13.8 Å². The molecule has 0 aromatic heterocycles. The summed E-state index contributed by atoms with van der Waals surface area (Å²) in [7, 11) is -2.97. The Bertz CT molecular complexity index is 418. The first-order valence-electron chi connectivity index (χ1n) is 6.97. The topological polar surface area (TPSA) is 54.5 Å². The highest BCUT2D eigenvalue weighted by molar-refractivity contribution is 7.91. The molecule has 104 valence electrons. The zero-order valence-electron chi connectivity index (χ0n) is 11.3. The van der Waals surface area contributed by atoms with E-state index in [9.17, 15) is 13.2 Å². The molecule has 0 aromatic carbocycles. The fourth-order valence-electron chi connectivity index (χ4n) is 3.29. The van der Waals surface area contributed by atoms with Gasteiger partial charge in [0, 0.05) is 12.1 Å². The molecule has 0 radical (unpaired) electrons. The first-order chi connectivity index (χ1) is 8.44. The quantitative estimate of drug-likeness (QED) is 0.768. The summed E-state index contributed by atoms with van der Waals surface area (Å²) in [6.07, 6.45) is 4.76. The Morgan fingerprint density at radius 2 is 2.00 bits per heavy atom. The monoisotopic (exact) mass is 273 g/mol. The minimum absolute atomic E-state index is 0.0610. The van der Waals surface area contributed by atoms with Crippen LogP contribution in [0.25, 0.3) is 0 Å². The number of nitrogens with zero attached hydrogens (tertiary/aromatic N) is 1. The summed E-state index contributed by atoms with van der Waals surface area (Å²) in [5, 5.41) is 0. The molecule has 0 aromatic rings. The fraction of sp³-hybridized carbons (Fsp3) is 0.923. The van der Waals surface area contributed by atoms with Gasteiger partial charge in [-0.15, -0.1) is 0 Å². The molecule has 2 rings (SSSR count). The van der Waals surface area contributed by atoms with Gasteiger partial charge in [0.15, 0.2) is 9.84 Å². The lowest BCUT2D eigenvalue weighted by molar-refractivity contribution is -0.141. The Hall–Kier alpha value is -0.580. The van der Waals surface area contributed by atoms with E-state index >= 15 is 0 Å². The number of rotatable bonds is 2. The Kier molecular flexibility index (Phi) is 3.99. The lowest BCUT2D eigenvalue weighted by Gasteiger charge is -2.41. The second kappa shape index (κ2) is 5.19. The zero-order valence-corrected chi connectivity index (χ0v) is 12.1. The van der Waals surface area contributed by atoms with E-state index in [1.807, 2.05) is 4.90 Å². The first kappa shape index (κ1) is 13.8. The largest absolute Gasteiger partial charge is 0.337 e. The molecule has 0 aliphatic carbocycles. The number of carbonyl (C=O) groups is 1. The van der Waals surface area contributed by atoms with E-state index in [4.69, 9.17) is 0 Å². The summed E-state index contributed by atoms with van der Waals surface area (Å²) in [4.78, 5) is 14.5. The van der Waals surface area contributed by atoms with Gasteiger partial charge in [-0.3, -0.25) is 4.79 Å². The van der Waals surface area contributed by atoms with Crippen LogP contribution in [-0.2, 0) is 14.6 Å². The summed E-state index contributed by atoms with van der Waals surface area (Å²) in [6, 6.07) is 0.573. The molecule has 4 nitrogen and oxygen atoms in total. The number of piperidine rings is 1. The number of carbonyl (C=O) groups excluding carboxylic acids is 1. The molecule has 0 bridgehead atoms. The van der Waals surface area contributed by atoms with Gasteiger partial charge in [0.1, 0.15) is 0 Å².